The molecule has 0 aliphatic heterocycles. The summed E-state index contributed by atoms with van der Waals surface area (Å²) in [6.07, 6.45) is 2.04. The molecular formula is C13H13ClN4O2. The Balaban J connectivity index is 1.56. The first-order valence-electron chi connectivity index (χ1n) is 6.33. The smallest absolute Gasteiger partial charge is 0.292 e. The summed E-state index contributed by atoms with van der Waals surface area (Å²) in [5.41, 5.74) is 0.886. The number of halogens is 1. The zero-order chi connectivity index (χ0) is 13.9. The first-order chi connectivity index (χ1) is 9.70. The van der Waals surface area contributed by atoms with Crippen LogP contribution >= 0.6 is 11.6 Å². The third kappa shape index (κ3) is 3.27. The number of carbonyl (C=O) groups is 1. The Labute approximate surface area is 120 Å². The molecule has 2 N–H and O–H groups in total. The minimum absolute atomic E-state index is 0.0739. The third-order valence-corrected chi connectivity index (χ3v) is 3.12. The van der Waals surface area contributed by atoms with Crippen molar-refractivity contribution in [1.82, 2.24) is 15.5 Å². The van der Waals surface area contributed by atoms with Crippen LogP contribution in [-0.4, -0.2) is 22.1 Å². The number of nitrogens with zero attached hydrogens (tertiary/aromatic N) is 2. The molecule has 1 saturated carbocycles. The summed E-state index contributed by atoms with van der Waals surface area (Å²) in [6.45, 7) is 0.353. The first kappa shape index (κ1) is 12.9. The molecule has 1 heterocycles. The summed E-state index contributed by atoms with van der Waals surface area (Å²) < 4.78 is 5.02. The topological polar surface area (TPSA) is 80.0 Å². The second kappa shape index (κ2) is 5.50. The number of nitrogens with one attached hydrogen (secondary N) is 2. The van der Waals surface area contributed by atoms with Crippen molar-refractivity contribution in [2.45, 2.75) is 25.4 Å². The van der Waals surface area contributed by atoms with Crippen LogP contribution in [0.2, 0.25) is 5.02 Å². The second-order valence-corrected chi connectivity index (χ2v) is 5.06. The van der Waals surface area contributed by atoms with Crippen molar-refractivity contribution in [2.24, 2.45) is 0 Å². The van der Waals surface area contributed by atoms with E-state index in [9.17, 15) is 4.79 Å². The SMILES string of the molecule is O=C(NC1CC1)c1noc(CNc2ccc(Cl)cc2)n1. The lowest BCUT2D eigenvalue weighted by Gasteiger charge is -2.02. The van der Waals surface area contributed by atoms with E-state index in [1.54, 1.807) is 12.1 Å². The maximum absolute atomic E-state index is 11.7. The highest BCUT2D eigenvalue weighted by Gasteiger charge is 2.26. The minimum atomic E-state index is -0.283. The van der Waals surface area contributed by atoms with Gasteiger partial charge in [-0.25, -0.2) is 0 Å². The molecule has 20 heavy (non-hydrogen) atoms. The van der Waals surface area contributed by atoms with Gasteiger partial charge in [0.15, 0.2) is 0 Å². The maximum atomic E-state index is 11.7. The van der Waals surface area contributed by atoms with Crippen LogP contribution in [0.4, 0.5) is 5.69 Å². The molecule has 1 aromatic carbocycles. The van der Waals surface area contributed by atoms with Gasteiger partial charge in [0.2, 0.25) is 5.89 Å². The molecule has 6 nitrogen and oxygen atoms in total. The molecule has 0 bridgehead atoms. The van der Waals surface area contributed by atoms with Gasteiger partial charge in [-0.2, -0.15) is 4.98 Å². The Bertz CT molecular complexity index is 607. The molecule has 1 aromatic heterocycles. The minimum Gasteiger partial charge on any atom is -0.376 e. The van der Waals surface area contributed by atoms with Crippen LogP contribution in [0.3, 0.4) is 0 Å². The summed E-state index contributed by atoms with van der Waals surface area (Å²) in [5.74, 6) is 0.152. The lowest BCUT2D eigenvalue weighted by molar-refractivity contribution is 0.0937. The molecule has 0 unspecified atom stereocenters. The summed E-state index contributed by atoms with van der Waals surface area (Å²) in [4.78, 5) is 15.7. The van der Waals surface area contributed by atoms with Crippen LogP contribution in [0.15, 0.2) is 28.8 Å². The van der Waals surface area contributed by atoms with Gasteiger partial charge in [-0.15, -0.1) is 0 Å². The Morgan fingerprint density at radius 3 is 2.80 bits per heavy atom. The highest BCUT2D eigenvalue weighted by Crippen LogP contribution is 2.19. The standard InChI is InChI=1S/C13H13ClN4O2/c14-8-1-3-9(4-2-8)15-7-11-17-12(18-20-11)13(19)16-10-5-6-10/h1-4,10,15H,5-7H2,(H,16,19). The van der Waals surface area contributed by atoms with E-state index >= 15 is 0 Å². The van der Waals surface area contributed by atoms with Gasteiger partial charge in [0.25, 0.3) is 11.7 Å². The van der Waals surface area contributed by atoms with Gasteiger partial charge >= 0.3 is 0 Å². The number of carbonyl (C=O) groups excluding carboxylic acids is 1. The van der Waals surface area contributed by atoms with E-state index in [2.05, 4.69) is 20.8 Å². The molecular weight excluding hydrogens is 280 g/mol. The quantitative estimate of drug-likeness (QED) is 0.883. The Morgan fingerprint density at radius 1 is 1.35 bits per heavy atom. The Hall–Kier alpha value is -2.08. The number of benzene rings is 1. The van der Waals surface area contributed by atoms with Crippen molar-refractivity contribution in [1.29, 1.82) is 0 Å². The average molecular weight is 293 g/mol. The normalized spacial score (nSPS) is 14.1. The number of anilines is 1. The van der Waals surface area contributed by atoms with Crippen molar-refractivity contribution >= 4 is 23.2 Å². The average Bonchev–Trinajstić information content (AvgIpc) is 3.13. The van der Waals surface area contributed by atoms with Gasteiger partial charge < -0.3 is 15.2 Å². The van der Waals surface area contributed by atoms with Crippen LogP contribution in [0.25, 0.3) is 0 Å². The van der Waals surface area contributed by atoms with Crippen molar-refractivity contribution in [3.63, 3.8) is 0 Å². The van der Waals surface area contributed by atoms with Crippen molar-refractivity contribution in [3.8, 4) is 0 Å². The second-order valence-electron chi connectivity index (χ2n) is 4.62. The largest absolute Gasteiger partial charge is 0.376 e. The number of hydrogen-bond donors (Lipinski definition) is 2. The van der Waals surface area contributed by atoms with Gasteiger partial charge in [-0.05, 0) is 37.1 Å². The lowest BCUT2D eigenvalue weighted by atomic mass is 10.3. The Kier molecular flexibility index (Phi) is 3.56. The van der Waals surface area contributed by atoms with Gasteiger partial charge in [0.1, 0.15) is 0 Å². The summed E-state index contributed by atoms with van der Waals surface area (Å²) in [5, 5.41) is 10.2. The zero-order valence-electron chi connectivity index (χ0n) is 10.6. The molecule has 1 amide bonds. The van der Waals surface area contributed by atoms with Gasteiger partial charge in [-0.1, -0.05) is 16.8 Å². The van der Waals surface area contributed by atoms with E-state index in [-0.39, 0.29) is 17.8 Å². The number of rotatable bonds is 5. The maximum Gasteiger partial charge on any atom is 0.292 e. The molecule has 104 valence electrons. The van der Waals surface area contributed by atoms with Crippen LogP contribution < -0.4 is 10.6 Å². The van der Waals surface area contributed by atoms with E-state index in [1.165, 1.54) is 0 Å². The molecule has 0 spiro atoms. The molecule has 1 aliphatic rings. The highest BCUT2D eigenvalue weighted by molar-refractivity contribution is 6.30. The third-order valence-electron chi connectivity index (χ3n) is 2.87. The van der Waals surface area contributed by atoms with E-state index < -0.39 is 0 Å². The van der Waals surface area contributed by atoms with Gasteiger partial charge in [0, 0.05) is 16.8 Å². The van der Waals surface area contributed by atoms with Gasteiger partial charge in [-0.3, -0.25) is 4.79 Å². The van der Waals surface area contributed by atoms with Crippen LogP contribution in [0.1, 0.15) is 29.4 Å². The molecule has 0 saturated heterocycles. The lowest BCUT2D eigenvalue weighted by Crippen LogP contribution is -2.26. The fourth-order valence-corrected chi connectivity index (χ4v) is 1.77. The Morgan fingerprint density at radius 2 is 2.10 bits per heavy atom. The van der Waals surface area contributed by atoms with Crippen molar-refractivity contribution in [2.75, 3.05) is 5.32 Å². The summed E-state index contributed by atoms with van der Waals surface area (Å²) >= 11 is 5.80. The van der Waals surface area contributed by atoms with Crippen LogP contribution in [-0.2, 0) is 6.54 Å². The van der Waals surface area contributed by atoms with Gasteiger partial charge in [0.05, 0.1) is 6.54 Å². The van der Waals surface area contributed by atoms with E-state index in [1.807, 2.05) is 12.1 Å². The van der Waals surface area contributed by atoms with E-state index in [0.717, 1.165) is 18.5 Å². The molecule has 1 fully saturated rings. The van der Waals surface area contributed by atoms with Crippen molar-refractivity contribution < 1.29 is 9.32 Å². The first-order valence-corrected chi connectivity index (χ1v) is 6.71. The number of hydrogen-bond acceptors (Lipinski definition) is 5. The highest BCUT2D eigenvalue weighted by atomic mass is 35.5. The summed E-state index contributed by atoms with van der Waals surface area (Å²) in [6, 6.07) is 7.54. The van der Waals surface area contributed by atoms with Crippen LogP contribution in [0.5, 0.6) is 0 Å². The molecule has 0 atom stereocenters. The predicted octanol–water partition coefficient (Wildman–Crippen LogP) is 2.23. The number of amides is 1. The van der Waals surface area contributed by atoms with E-state index in [0.29, 0.717) is 17.5 Å². The van der Waals surface area contributed by atoms with E-state index in [4.69, 9.17) is 16.1 Å². The molecule has 0 radical (unpaired) electrons. The predicted molar refractivity (Wildman–Crippen MR) is 73.6 cm³/mol. The zero-order valence-corrected chi connectivity index (χ0v) is 11.4. The number of aromatic nitrogens is 2. The molecule has 2 aromatic rings. The fourth-order valence-electron chi connectivity index (χ4n) is 1.64. The van der Waals surface area contributed by atoms with Crippen LogP contribution in [0, 0.1) is 0 Å². The fraction of sp³-hybridized carbons (Fsp3) is 0.308. The molecule has 1 aliphatic carbocycles. The summed E-state index contributed by atoms with van der Waals surface area (Å²) in [7, 11) is 0. The molecule has 7 heteroatoms. The molecule has 3 rings (SSSR count). The monoisotopic (exact) mass is 292 g/mol. The van der Waals surface area contributed by atoms with Crippen molar-refractivity contribution in [3.05, 3.63) is 41.0 Å².